The molecule has 0 fully saturated rings. The van der Waals surface area contributed by atoms with Gasteiger partial charge in [0.2, 0.25) is 11.8 Å². The molecule has 0 saturated carbocycles. The van der Waals surface area contributed by atoms with Crippen molar-refractivity contribution in [2.75, 3.05) is 13.1 Å². The number of oxazole rings is 1. The van der Waals surface area contributed by atoms with Crippen molar-refractivity contribution in [2.45, 2.75) is 25.8 Å². The number of aromatic nitrogens is 1. The monoisotopic (exact) mass is 367 g/mol. The first-order chi connectivity index (χ1) is 13.1. The van der Waals surface area contributed by atoms with Gasteiger partial charge in [-0.2, -0.15) is 0 Å². The molecule has 27 heavy (non-hydrogen) atoms. The van der Waals surface area contributed by atoms with Crippen molar-refractivity contribution < 1.29 is 14.0 Å². The Hall–Kier alpha value is -3.15. The van der Waals surface area contributed by atoms with Crippen LogP contribution in [0.4, 0.5) is 0 Å². The number of benzene rings is 1. The predicted molar refractivity (Wildman–Crippen MR) is 104 cm³/mol. The maximum absolute atomic E-state index is 13.1. The summed E-state index contributed by atoms with van der Waals surface area (Å²) in [5.41, 5.74) is 1.14. The smallest absolute Gasteiger partial charge is 0.273 e. The van der Waals surface area contributed by atoms with Crippen LogP contribution < -0.4 is 5.32 Å². The molecule has 2 aromatic rings. The van der Waals surface area contributed by atoms with E-state index in [-0.39, 0.29) is 30.0 Å². The lowest BCUT2D eigenvalue weighted by atomic mass is 9.95. The first-order valence-electron chi connectivity index (χ1n) is 8.88. The van der Waals surface area contributed by atoms with Gasteiger partial charge >= 0.3 is 0 Å². The number of hydrogen-bond donors (Lipinski definition) is 1. The highest BCUT2D eigenvalue weighted by molar-refractivity contribution is 5.92. The van der Waals surface area contributed by atoms with Gasteiger partial charge in [-0.1, -0.05) is 49.4 Å². The topological polar surface area (TPSA) is 75.4 Å². The molecule has 6 heteroatoms. The summed E-state index contributed by atoms with van der Waals surface area (Å²) < 4.78 is 5.39. The van der Waals surface area contributed by atoms with Crippen LogP contribution in [0.1, 0.15) is 41.2 Å². The quantitative estimate of drug-likeness (QED) is 0.654. The molecule has 0 radical (unpaired) electrons. The van der Waals surface area contributed by atoms with E-state index < -0.39 is 0 Å². The number of carbonyl (C=O) groups excluding carboxylic acids is 2. The highest BCUT2D eigenvalue weighted by Crippen LogP contribution is 2.23. The summed E-state index contributed by atoms with van der Waals surface area (Å²) in [5, 5.41) is 2.64. The summed E-state index contributed by atoms with van der Waals surface area (Å²) in [6.07, 6.45) is 5.21. The molecule has 6 nitrogen and oxygen atoms in total. The van der Waals surface area contributed by atoms with Crippen LogP contribution in [0, 0.1) is 0 Å². The Kier molecular flexibility index (Phi) is 7.55. The molecule has 142 valence electrons. The molecule has 1 unspecified atom stereocenters. The van der Waals surface area contributed by atoms with Gasteiger partial charge in [0.1, 0.15) is 6.26 Å². The molecule has 2 rings (SSSR count). The van der Waals surface area contributed by atoms with Crippen molar-refractivity contribution in [1.82, 2.24) is 15.2 Å². The van der Waals surface area contributed by atoms with Crippen LogP contribution in [0.5, 0.6) is 0 Å². The Morgan fingerprint density at radius 3 is 2.63 bits per heavy atom. The van der Waals surface area contributed by atoms with Gasteiger partial charge < -0.3 is 14.6 Å². The minimum atomic E-state index is -0.345. The zero-order chi connectivity index (χ0) is 19.6. The molecule has 1 aromatic heterocycles. The SMILES string of the molecule is C=CCNC(=O)c1coc(CN(CC=C)C(=O)C(CC)c2ccccc2)n1. The largest absolute Gasteiger partial charge is 0.446 e. The molecule has 2 amide bonds. The Balaban J connectivity index is 2.14. The summed E-state index contributed by atoms with van der Waals surface area (Å²) in [5.74, 6) is -0.324. The lowest BCUT2D eigenvalue weighted by Gasteiger charge is -2.25. The molecule has 0 bridgehead atoms. The first kappa shape index (κ1) is 20.2. The van der Waals surface area contributed by atoms with E-state index in [1.165, 1.54) is 6.26 Å². The maximum atomic E-state index is 13.1. The van der Waals surface area contributed by atoms with Gasteiger partial charge in [-0.15, -0.1) is 13.2 Å². The number of amides is 2. The van der Waals surface area contributed by atoms with Crippen molar-refractivity contribution in [3.8, 4) is 0 Å². The van der Waals surface area contributed by atoms with Gasteiger partial charge in [-0.3, -0.25) is 9.59 Å². The molecule has 0 spiro atoms. The first-order valence-corrected chi connectivity index (χ1v) is 8.88. The molecular formula is C21H25N3O3. The molecule has 1 N–H and O–H groups in total. The molecule has 1 aromatic carbocycles. The van der Waals surface area contributed by atoms with E-state index in [4.69, 9.17) is 4.42 Å². The number of nitrogens with zero attached hydrogens (tertiary/aromatic N) is 2. The van der Waals surface area contributed by atoms with Crippen LogP contribution in [-0.2, 0) is 11.3 Å². The zero-order valence-corrected chi connectivity index (χ0v) is 15.6. The second-order valence-corrected chi connectivity index (χ2v) is 6.00. The molecule has 1 atom stereocenters. The summed E-state index contributed by atoms with van der Waals surface area (Å²) >= 11 is 0. The van der Waals surface area contributed by atoms with Crippen LogP contribution in [0.3, 0.4) is 0 Å². The molecule has 1 heterocycles. The third-order valence-corrected chi connectivity index (χ3v) is 4.09. The Morgan fingerprint density at radius 2 is 2.00 bits per heavy atom. The lowest BCUT2D eigenvalue weighted by molar-refractivity contribution is -0.133. The minimum absolute atomic E-state index is 0.0283. The minimum Gasteiger partial charge on any atom is -0.446 e. The summed E-state index contributed by atoms with van der Waals surface area (Å²) in [4.78, 5) is 30.8. The van der Waals surface area contributed by atoms with Crippen molar-refractivity contribution >= 4 is 11.8 Å². The highest BCUT2D eigenvalue weighted by atomic mass is 16.3. The van der Waals surface area contributed by atoms with E-state index in [0.29, 0.717) is 25.4 Å². The van der Waals surface area contributed by atoms with Crippen molar-refractivity contribution in [2.24, 2.45) is 0 Å². The molecule has 0 aliphatic carbocycles. The summed E-state index contributed by atoms with van der Waals surface area (Å²) in [6.45, 7) is 10.1. The van der Waals surface area contributed by atoms with Crippen LogP contribution in [0.15, 0.2) is 66.3 Å². The summed E-state index contributed by atoms with van der Waals surface area (Å²) in [6, 6.07) is 9.67. The normalized spacial score (nSPS) is 11.4. The van der Waals surface area contributed by atoms with Gasteiger partial charge in [0.15, 0.2) is 5.69 Å². The standard InChI is InChI=1S/C21H25N3O3/c1-4-12-22-20(25)18-15-27-19(23-18)14-24(13-5-2)21(26)17(6-3)16-10-8-7-9-11-16/h4-5,7-11,15,17H,1-2,6,12-14H2,3H3,(H,22,25). The van der Waals surface area contributed by atoms with E-state index in [0.717, 1.165) is 5.56 Å². The summed E-state index contributed by atoms with van der Waals surface area (Å²) in [7, 11) is 0. The van der Waals surface area contributed by atoms with E-state index in [9.17, 15) is 9.59 Å². The zero-order valence-electron chi connectivity index (χ0n) is 15.6. The third-order valence-electron chi connectivity index (χ3n) is 4.09. The van der Waals surface area contributed by atoms with Crippen molar-refractivity contribution in [3.05, 3.63) is 79.1 Å². The average Bonchev–Trinajstić information content (AvgIpc) is 3.16. The maximum Gasteiger partial charge on any atom is 0.273 e. The molecular weight excluding hydrogens is 342 g/mol. The van der Waals surface area contributed by atoms with Gasteiger partial charge in [0.05, 0.1) is 12.5 Å². The second kappa shape index (κ2) is 10.1. The van der Waals surface area contributed by atoms with Crippen LogP contribution in [0.2, 0.25) is 0 Å². The Morgan fingerprint density at radius 1 is 1.26 bits per heavy atom. The number of rotatable bonds is 10. The van der Waals surface area contributed by atoms with E-state index in [1.807, 2.05) is 37.3 Å². The van der Waals surface area contributed by atoms with E-state index in [1.54, 1.807) is 17.1 Å². The van der Waals surface area contributed by atoms with Gasteiger partial charge in [0, 0.05) is 13.1 Å². The fourth-order valence-corrected chi connectivity index (χ4v) is 2.75. The Bertz CT molecular complexity index is 783. The van der Waals surface area contributed by atoms with Crippen molar-refractivity contribution in [3.63, 3.8) is 0 Å². The number of nitrogens with one attached hydrogen (secondary N) is 1. The van der Waals surface area contributed by atoms with Crippen LogP contribution in [-0.4, -0.2) is 34.8 Å². The highest BCUT2D eigenvalue weighted by Gasteiger charge is 2.25. The number of hydrogen-bond acceptors (Lipinski definition) is 4. The van der Waals surface area contributed by atoms with E-state index in [2.05, 4.69) is 23.5 Å². The lowest BCUT2D eigenvalue weighted by Crippen LogP contribution is -2.35. The molecule has 0 saturated heterocycles. The number of carbonyl (C=O) groups is 2. The van der Waals surface area contributed by atoms with Gasteiger partial charge in [-0.05, 0) is 12.0 Å². The van der Waals surface area contributed by atoms with Crippen LogP contribution in [0.25, 0.3) is 0 Å². The third kappa shape index (κ3) is 5.41. The molecule has 0 aliphatic heterocycles. The fraction of sp³-hybridized carbons (Fsp3) is 0.286. The molecule has 0 aliphatic rings. The Labute approximate surface area is 159 Å². The average molecular weight is 367 g/mol. The van der Waals surface area contributed by atoms with Crippen molar-refractivity contribution in [1.29, 1.82) is 0 Å². The van der Waals surface area contributed by atoms with Gasteiger partial charge in [0.25, 0.3) is 5.91 Å². The van der Waals surface area contributed by atoms with Crippen LogP contribution >= 0.6 is 0 Å². The second-order valence-electron chi connectivity index (χ2n) is 6.00. The van der Waals surface area contributed by atoms with Gasteiger partial charge in [-0.25, -0.2) is 4.98 Å². The van der Waals surface area contributed by atoms with E-state index >= 15 is 0 Å². The fourth-order valence-electron chi connectivity index (χ4n) is 2.75. The predicted octanol–water partition coefficient (Wildman–Crippen LogP) is 3.30.